The van der Waals surface area contributed by atoms with E-state index in [0.717, 1.165) is 30.3 Å². The van der Waals surface area contributed by atoms with Gasteiger partial charge in [0.25, 0.3) is 5.69 Å². The van der Waals surface area contributed by atoms with Crippen LogP contribution in [0.5, 0.6) is 0 Å². The van der Waals surface area contributed by atoms with Gasteiger partial charge in [-0.2, -0.15) is 0 Å². The first-order chi connectivity index (χ1) is 8.97. The molecule has 0 saturated carbocycles. The van der Waals surface area contributed by atoms with Gasteiger partial charge in [0.1, 0.15) is 5.69 Å². The van der Waals surface area contributed by atoms with Crippen molar-refractivity contribution in [2.24, 2.45) is 0 Å². The highest BCUT2D eigenvalue weighted by Gasteiger charge is 2.21. The van der Waals surface area contributed by atoms with E-state index in [9.17, 15) is 10.1 Å². The highest BCUT2D eigenvalue weighted by Crippen LogP contribution is 2.32. The molecule has 0 fully saturated rings. The number of nitro benzene ring substituents is 1. The number of hydrogen-bond acceptors (Lipinski definition) is 3. The zero-order chi connectivity index (χ0) is 14.4. The number of nitrogens with zero attached hydrogens (tertiary/aromatic N) is 2. The Hall–Kier alpha value is -1.10. The monoisotopic (exact) mass is 328 g/mol. The van der Waals surface area contributed by atoms with Crippen LogP contribution in [0.25, 0.3) is 0 Å². The zero-order valence-corrected chi connectivity index (χ0v) is 13.3. The normalized spacial score (nSPS) is 10.8. The second kappa shape index (κ2) is 7.48. The molecule has 0 spiro atoms. The molecule has 0 unspecified atom stereocenters. The summed E-state index contributed by atoms with van der Waals surface area (Å²) in [5, 5.41) is 11.2. The predicted molar refractivity (Wildman–Crippen MR) is 82.8 cm³/mol. The quantitative estimate of drug-likeness (QED) is 0.411. The van der Waals surface area contributed by atoms with Gasteiger partial charge in [-0.25, -0.2) is 0 Å². The average molecular weight is 329 g/mol. The van der Waals surface area contributed by atoms with Crippen LogP contribution in [-0.2, 0) is 0 Å². The van der Waals surface area contributed by atoms with Gasteiger partial charge < -0.3 is 4.90 Å². The maximum Gasteiger partial charge on any atom is 0.293 e. The van der Waals surface area contributed by atoms with E-state index in [1.54, 1.807) is 6.07 Å². The molecule has 0 heterocycles. The van der Waals surface area contributed by atoms with Gasteiger partial charge in [0.15, 0.2) is 0 Å². The van der Waals surface area contributed by atoms with Crippen LogP contribution >= 0.6 is 15.9 Å². The Kier molecular flexibility index (Phi) is 6.28. The molecule has 4 nitrogen and oxygen atoms in total. The van der Waals surface area contributed by atoms with Crippen molar-refractivity contribution in [1.29, 1.82) is 0 Å². The molecule has 0 amide bonds. The van der Waals surface area contributed by atoms with E-state index < -0.39 is 0 Å². The molecule has 1 aromatic carbocycles. The van der Waals surface area contributed by atoms with Gasteiger partial charge in [0, 0.05) is 23.1 Å². The summed E-state index contributed by atoms with van der Waals surface area (Å²) in [5.74, 6) is 0. The number of hydrogen-bond donors (Lipinski definition) is 0. The molecule has 0 aliphatic carbocycles. The number of rotatable bonds is 7. The molecule has 19 heavy (non-hydrogen) atoms. The van der Waals surface area contributed by atoms with Crippen LogP contribution < -0.4 is 4.90 Å². The van der Waals surface area contributed by atoms with Crippen molar-refractivity contribution in [2.75, 3.05) is 11.4 Å². The van der Waals surface area contributed by atoms with E-state index in [0.29, 0.717) is 5.69 Å². The molecule has 0 radical (unpaired) electrons. The van der Waals surface area contributed by atoms with Gasteiger partial charge >= 0.3 is 0 Å². The van der Waals surface area contributed by atoms with Gasteiger partial charge in [-0.1, -0.05) is 35.7 Å². The molecule has 0 bridgehead atoms. The maximum atomic E-state index is 11.2. The van der Waals surface area contributed by atoms with E-state index in [-0.39, 0.29) is 16.7 Å². The standard InChI is InChI=1S/C14H21BrN2O2/c1-4-5-6-9-16(11(2)3)13-8-7-12(15)10-14(13)17(18)19/h7-8,10-11H,4-6,9H2,1-3H3. The van der Waals surface area contributed by atoms with Gasteiger partial charge in [0.05, 0.1) is 4.92 Å². The summed E-state index contributed by atoms with van der Waals surface area (Å²) in [6.07, 6.45) is 3.35. The summed E-state index contributed by atoms with van der Waals surface area (Å²) in [6, 6.07) is 5.51. The molecule has 106 valence electrons. The van der Waals surface area contributed by atoms with E-state index in [1.807, 2.05) is 12.1 Å². The second-order valence-electron chi connectivity index (χ2n) is 4.88. The molecule has 1 rings (SSSR count). The predicted octanol–water partition coefficient (Wildman–Crippen LogP) is 4.76. The van der Waals surface area contributed by atoms with E-state index >= 15 is 0 Å². The number of benzene rings is 1. The highest BCUT2D eigenvalue weighted by atomic mass is 79.9. The Morgan fingerprint density at radius 1 is 1.37 bits per heavy atom. The number of nitro groups is 1. The lowest BCUT2D eigenvalue weighted by atomic mass is 10.1. The number of halogens is 1. The van der Waals surface area contributed by atoms with Crippen LogP contribution in [0, 0.1) is 10.1 Å². The van der Waals surface area contributed by atoms with Crippen LogP contribution in [0.2, 0.25) is 0 Å². The van der Waals surface area contributed by atoms with Crippen molar-refractivity contribution in [2.45, 2.75) is 46.1 Å². The Labute approximate surface area is 123 Å². The second-order valence-corrected chi connectivity index (χ2v) is 5.80. The summed E-state index contributed by atoms with van der Waals surface area (Å²) < 4.78 is 0.736. The number of anilines is 1. The minimum atomic E-state index is -0.310. The van der Waals surface area contributed by atoms with Crippen molar-refractivity contribution in [3.8, 4) is 0 Å². The Morgan fingerprint density at radius 3 is 2.58 bits per heavy atom. The summed E-state index contributed by atoms with van der Waals surface area (Å²) >= 11 is 3.29. The lowest BCUT2D eigenvalue weighted by molar-refractivity contribution is -0.384. The van der Waals surface area contributed by atoms with Crippen molar-refractivity contribution in [3.63, 3.8) is 0 Å². The molecule has 0 aliphatic heterocycles. The van der Waals surface area contributed by atoms with Crippen LogP contribution in [0.15, 0.2) is 22.7 Å². The molecule has 1 aromatic rings. The Morgan fingerprint density at radius 2 is 2.05 bits per heavy atom. The van der Waals surface area contributed by atoms with Crippen molar-refractivity contribution in [1.82, 2.24) is 0 Å². The fourth-order valence-electron chi connectivity index (χ4n) is 2.07. The van der Waals surface area contributed by atoms with Gasteiger partial charge in [-0.05, 0) is 32.4 Å². The van der Waals surface area contributed by atoms with Crippen LogP contribution in [-0.4, -0.2) is 17.5 Å². The van der Waals surface area contributed by atoms with Crippen LogP contribution in [0.4, 0.5) is 11.4 Å². The van der Waals surface area contributed by atoms with Crippen molar-refractivity contribution in [3.05, 3.63) is 32.8 Å². The van der Waals surface area contributed by atoms with E-state index in [2.05, 4.69) is 41.6 Å². The first-order valence-electron chi connectivity index (χ1n) is 6.68. The molecule has 0 aromatic heterocycles. The first-order valence-corrected chi connectivity index (χ1v) is 7.47. The van der Waals surface area contributed by atoms with Crippen LogP contribution in [0.3, 0.4) is 0 Å². The first kappa shape index (κ1) is 16.0. The minimum Gasteiger partial charge on any atom is -0.364 e. The summed E-state index contributed by atoms with van der Waals surface area (Å²) in [7, 11) is 0. The third kappa shape index (κ3) is 4.49. The molecule has 0 aliphatic rings. The highest BCUT2D eigenvalue weighted by molar-refractivity contribution is 9.10. The molecular formula is C14H21BrN2O2. The average Bonchev–Trinajstić information content (AvgIpc) is 2.35. The zero-order valence-electron chi connectivity index (χ0n) is 11.7. The third-order valence-electron chi connectivity index (χ3n) is 3.07. The molecule has 0 saturated heterocycles. The van der Waals surface area contributed by atoms with Gasteiger partial charge in [0.2, 0.25) is 0 Å². The fourth-order valence-corrected chi connectivity index (χ4v) is 2.42. The molecule has 5 heteroatoms. The molecule has 0 N–H and O–H groups in total. The summed E-state index contributed by atoms with van der Waals surface area (Å²) in [5.41, 5.74) is 0.874. The summed E-state index contributed by atoms with van der Waals surface area (Å²) in [4.78, 5) is 13.0. The smallest absolute Gasteiger partial charge is 0.293 e. The molecular weight excluding hydrogens is 308 g/mol. The minimum absolute atomic E-state index is 0.166. The van der Waals surface area contributed by atoms with Crippen molar-refractivity contribution < 1.29 is 4.92 Å². The van der Waals surface area contributed by atoms with Gasteiger partial charge in [-0.3, -0.25) is 10.1 Å². The third-order valence-corrected chi connectivity index (χ3v) is 3.56. The number of unbranched alkanes of at least 4 members (excludes halogenated alkanes) is 2. The Bertz CT molecular complexity index is 435. The SMILES string of the molecule is CCCCCN(c1ccc(Br)cc1[N+](=O)[O-])C(C)C. The maximum absolute atomic E-state index is 11.2. The van der Waals surface area contributed by atoms with Gasteiger partial charge in [-0.15, -0.1) is 0 Å². The van der Waals surface area contributed by atoms with E-state index in [1.165, 1.54) is 0 Å². The largest absolute Gasteiger partial charge is 0.364 e. The lowest BCUT2D eigenvalue weighted by Gasteiger charge is -2.28. The van der Waals surface area contributed by atoms with Crippen molar-refractivity contribution >= 4 is 27.3 Å². The fraction of sp³-hybridized carbons (Fsp3) is 0.571. The summed E-state index contributed by atoms with van der Waals surface area (Å²) in [6.45, 7) is 7.14. The lowest BCUT2D eigenvalue weighted by Crippen LogP contribution is -2.32. The molecule has 0 atom stereocenters. The van der Waals surface area contributed by atoms with Crippen LogP contribution in [0.1, 0.15) is 40.0 Å². The topological polar surface area (TPSA) is 46.4 Å². The van der Waals surface area contributed by atoms with E-state index in [4.69, 9.17) is 0 Å². The Balaban J connectivity index is 3.04.